The van der Waals surface area contributed by atoms with E-state index in [0.717, 1.165) is 49.0 Å². The van der Waals surface area contributed by atoms with E-state index in [1.54, 1.807) is 17.5 Å². The molecule has 7 heteroatoms. The maximum Gasteiger partial charge on any atom is 0.323 e. The summed E-state index contributed by atoms with van der Waals surface area (Å²) in [4.78, 5) is 25.1. The van der Waals surface area contributed by atoms with Crippen molar-refractivity contribution >= 4 is 23.2 Å². The van der Waals surface area contributed by atoms with Gasteiger partial charge >= 0.3 is 6.03 Å². The number of carbonyl (C=O) groups excluding carboxylic acids is 1. The van der Waals surface area contributed by atoms with Crippen LogP contribution in [0.4, 0.5) is 10.6 Å². The molecule has 2 aromatic rings. The molecular formula is C16H21N5OS. The minimum atomic E-state index is -0.0782. The summed E-state index contributed by atoms with van der Waals surface area (Å²) in [5, 5.41) is 6.06. The van der Waals surface area contributed by atoms with Gasteiger partial charge in [-0.25, -0.2) is 14.8 Å². The Labute approximate surface area is 140 Å². The molecule has 23 heavy (non-hydrogen) atoms. The first-order valence-corrected chi connectivity index (χ1v) is 8.60. The van der Waals surface area contributed by atoms with Crippen LogP contribution in [0.25, 0.3) is 0 Å². The van der Waals surface area contributed by atoms with Crippen LogP contribution in [-0.2, 0) is 6.54 Å². The number of aryl methyl sites for hydroxylation is 2. The van der Waals surface area contributed by atoms with Crippen LogP contribution in [0.1, 0.15) is 16.3 Å². The quantitative estimate of drug-likeness (QED) is 0.939. The zero-order valence-electron chi connectivity index (χ0n) is 13.5. The van der Waals surface area contributed by atoms with E-state index in [4.69, 9.17) is 0 Å². The number of anilines is 1. The number of pyridine rings is 1. The number of hydrogen-bond donors (Lipinski definition) is 1. The van der Waals surface area contributed by atoms with Crippen molar-refractivity contribution < 1.29 is 4.79 Å². The standard InChI is InChI=1S/C16H21N5OS/c1-12-3-4-15(17-9-12)19-16(22)21-7-5-20(6-8-21)10-14-11-23-13(2)18-14/h3-4,9,11H,5-8,10H2,1-2H3,(H,17,19,22). The maximum atomic E-state index is 12.3. The molecule has 0 aliphatic carbocycles. The molecule has 0 bridgehead atoms. The Kier molecular flexibility index (Phi) is 4.88. The fourth-order valence-electron chi connectivity index (χ4n) is 2.55. The molecule has 1 saturated heterocycles. The van der Waals surface area contributed by atoms with Gasteiger partial charge in [-0.2, -0.15) is 0 Å². The molecule has 1 aliphatic heterocycles. The molecule has 1 fully saturated rings. The van der Waals surface area contributed by atoms with Gasteiger partial charge < -0.3 is 4.90 Å². The summed E-state index contributed by atoms with van der Waals surface area (Å²) in [7, 11) is 0. The van der Waals surface area contributed by atoms with Crippen molar-refractivity contribution in [1.82, 2.24) is 19.8 Å². The minimum absolute atomic E-state index is 0.0782. The number of rotatable bonds is 3. The predicted molar refractivity (Wildman–Crippen MR) is 91.7 cm³/mol. The van der Waals surface area contributed by atoms with Crippen molar-refractivity contribution in [3.8, 4) is 0 Å². The molecular weight excluding hydrogens is 310 g/mol. The van der Waals surface area contributed by atoms with Crippen LogP contribution in [0.3, 0.4) is 0 Å². The summed E-state index contributed by atoms with van der Waals surface area (Å²) >= 11 is 1.68. The SMILES string of the molecule is Cc1ccc(NC(=O)N2CCN(Cc3csc(C)n3)CC2)nc1. The van der Waals surface area contributed by atoms with E-state index >= 15 is 0 Å². The van der Waals surface area contributed by atoms with E-state index in [-0.39, 0.29) is 6.03 Å². The van der Waals surface area contributed by atoms with Gasteiger partial charge in [0.1, 0.15) is 5.82 Å². The maximum absolute atomic E-state index is 12.3. The van der Waals surface area contributed by atoms with E-state index in [9.17, 15) is 4.79 Å². The first-order valence-electron chi connectivity index (χ1n) is 7.72. The second kappa shape index (κ2) is 7.06. The highest BCUT2D eigenvalue weighted by atomic mass is 32.1. The van der Waals surface area contributed by atoms with Crippen LogP contribution in [0.15, 0.2) is 23.7 Å². The number of piperazine rings is 1. The van der Waals surface area contributed by atoms with Gasteiger partial charge in [0.2, 0.25) is 0 Å². The number of hydrogen-bond acceptors (Lipinski definition) is 5. The first-order chi connectivity index (χ1) is 11.1. The number of aromatic nitrogens is 2. The van der Waals surface area contributed by atoms with Gasteiger partial charge in [0.25, 0.3) is 0 Å². The van der Waals surface area contributed by atoms with Crippen LogP contribution in [-0.4, -0.2) is 52.0 Å². The Morgan fingerprint density at radius 2 is 2.04 bits per heavy atom. The highest BCUT2D eigenvalue weighted by Gasteiger charge is 2.21. The highest BCUT2D eigenvalue weighted by molar-refractivity contribution is 7.09. The Bertz CT molecular complexity index is 661. The topological polar surface area (TPSA) is 61.4 Å². The number of nitrogens with zero attached hydrogens (tertiary/aromatic N) is 4. The van der Waals surface area contributed by atoms with E-state index in [1.807, 2.05) is 30.9 Å². The van der Waals surface area contributed by atoms with Gasteiger partial charge in [0.15, 0.2) is 0 Å². The average Bonchev–Trinajstić information content (AvgIpc) is 2.95. The molecule has 0 saturated carbocycles. The van der Waals surface area contributed by atoms with Crippen molar-refractivity contribution in [1.29, 1.82) is 0 Å². The van der Waals surface area contributed by atoms with Crippen LogP contribution in [0.2, 0.25) is 0 Å². The summed E-state index contributed by atoms with van der Waals surface area (Å²) in [5.41, 5.74) is 2.20. The monoisotopic (exact) mass is 331 g/mol. The molecule has 2 aromatic heterocycles. The molecule has 3 heterocycles. The van der Waals surface area contributed by atoms with E-state index in [2.05, 4.69) is 25.6 Å². The molecule has 0 atom stereocenters. The third kappa shape index (κ3) is 4.27. The van der Waals surface area contributed by atoms with E-state index in [1.165, 1.54) is 0 Å². The zero-order chi connectivity index (χ0) is 16.2. The summed E-state index contributed by atoms with van der Waals surface area (Å²) < 4.78 is 0. The predicted octanol–water partition coefficient (Wildman–Crippen LogP) is 2.50. The zero-order valence-corrected chi connectivity index (χ0v) is 14.3. The molecule has 0 spiro atoms. The minimum Gasteiger partial charge on any atom is -0.322 e. The third-order valence-electron chi connectivity index (χ3n) is 3.86. The average molecular weight is 331 g/mol. The number of thiazole rings is 1. The molecule has 1 N–H and O–H groups in total. The Morgan fingerprint density at radius 1 is 1.26 bits per heavy atom. The second-order valence-electron chi connectivity index (χ2n) is 5.77. The van der Waals surface area contributed by atoms with Crippen molar-refractivity contribution in [2.75, 3.05) is 31.5 Å². The molecule has 122 valence electrons. The van der Waals surface area contributed by atoms with Gasteiger partial charge in [-0.1, -0.05) is 6.07 Å². The Hall–Kier alpha value is -1.99. The number of nitrogens with one attached hydrogen (secondary N) is 1. The molecule has 0 radical (unpaired) electrons. The smallest absolute Gasteiger partial charge is 0.322 e. The second-order valence-corrected chi connectivity index (χ2v) is 6.83. The van der Waals surface area contributed by atoms with Crippen LogP contribution in [0, 0.1) is 13.8 Å². The van der Waals surface area contributed by atoms with Gasteiger partial charge in [-0.15, -0.1) is 11.3 Å². The van der Waals surface area contributed by atoms with Gasteiger partial charge in [-0.05, 0) is 25.5 Å². The van der Waals surface area contributed by atoms with E-state index < -0.39 is 0 Å². The fraction of sp³-hybridized carbons (Fsp3) is 0.438. The highest BCUT2D eigenvalue weighted by Crippen LogP contribution is 2.13. The number of amides is 2. The molecule has 0 unspecified atom stereocenters. The van der Waals surface area contributed by atoms with Crippen molar-refractivity contribution in [2.24, 2.45) is 0 Å². The van der Waals surface area contributed by atoms with Crippen LogP contribution >= 0.6 is 11.3 Å². The first kappa shape index (κ1) is 15.9. The van der Waals surface area contributed by atoms with Crippen molar-refractivity contribution in [3.63, 3.8) is 0 Å². The van der Waals surface area contributed by atoms with Gasteiger partial charge in [-0.3, -0.25) is 10.2 Å². The Balaban J connectivity index is 1.48. The van der Waals surface area contributed by atoms with Crippen molar-refractivity contribution in [3.05, 3.63) is 40.0 Å². The van der Waals surface area contributed by atoms with E-state index in [0.29, 0.717) is 5.82 Å². The molecule has 6 nitrogen and oxygen atoms in total. The molecule has 1 aliphatic rings. The fourth-order valence-corrected chi connectivity index (χ4v) is 3.15. The largest absolute Gasteiger partial charge is 0.323 e. The molecule has 3 rings (SSSR count). The molecule has 0 aromatic carbocycles. The lowest BCUT2D eigenvalue weighted by Gasteiger charge is -2.34. The van der Waals surface area contributed by atoms with Crippen molar-refractivity contribution in [2.45, 2.75) is 20.4 Å². The lowest BCUT2D eigenvalue weighted by atomic mass is 10.3. The number of carbonyl (C=O) groups is 1. The molecule has 2 amide bonds. The lowest BCUT2D eigenvalue weighted by Crippen LogP contribution is -2.49. The van der Waals surface area contributed by atoms with Crippen LogP contribution < -0.4 is 5.32 Å². The summed E-state index contributed by atoms with van der Waals surface area (Å²) in [6, 6.07) is 3.69. The van der Waals surface area contributed by atoms with Gasteiger partial charge in [0, 0.05) is 44.3 Å². The normalized spacial score (nSPS) is 15.7. The third-order valence-corrected chi connectivity index (χ3v) is 4.68. The lowest BCUT2D eigenvalue weighted by molar-refractivity contribution is 0.142. The number of urea groups is 1. The van der Waals surface area contributed by atoms with Crippen LogP contribution in [0.5, 0.6) is 0 Å². The summed E-state index contributed by atoms with van der Waals surface area (Å²) in [5.74, 6) is 0.598. The summed E-state index contributed by atoms with van der Waals surface area (Å²) in [6.45, 7) is 8.04. The van der Waals surface area contributed by atoms with Gasteiger partial charge in [0.05, 0.1) is 10.7 Å². The summed E-state index contributed by atoms with van der Waals surface area (Å²) in [6.07, 6.45) is 1.75. The Morgan fingerprint density at radius 3 is 2.65 bits per heavy atom.